The smallest absolute Gasteiger partial charge is 0.243 e. The fraction of sp³-hybridized carbons (Fsp3) is 0.538. The molecule has 1 aliphatic heterocycles. The maximum absolute atomic E-state index is 12.4. The van der Waals surface area contributed by atoms with Crippen molar-refractivity contribution in [2.75, 3.05) is 18.8 Å². The van der Waals surface area contributed by atoms with Crippen LogP contribution in [0.4, 0.5) is 5.69 Å². The van der Waals surface area contributed by atoms with Gasteiger partial charge in [-0.05, 0) is 31.0 Å². The van der Waals surface area contributed by atoms with Gasteiger partial charge in [-0.2, -0.15) is 4.31 Å². The van der Waals surface area contributed by atoms with E-state index in [4.69, 9.17) is 5.73 Å². The highest BCUT2D eigenvalue weighted by Gasteiger charge is 2.46. The molecule has 2 rings (SSSR count). The number of hydrogen-bond donors (Lipinski definition) is 2. The lowest BCUT2D eigenvalue weighted by molar-refractivity contribution is -0.0653. The van der Waals surface area contributed by atoms with Crippen molar-refractivity contribution < 1.29 is 13.5 Å². The topological polar surface area (TPSA) is 83.6 Å². The molecule has 0 amide bonds. The van der Waals surface area contributed by atoms with Crippen molar-refractivity contribution in [3.63, 3.8) is 0 Å². The highest BCUT2D eigenvalue weighted by molar-refractivity contribution is 7.89. The molecule has 1 fully saturated rings. The largest absolute Gasteiger partial charge is 0.398 e. The summed E-state index contributed by atoms with van der Waals surface area (Å²) in [6, 6.07) is 4.86. The zero-order valence-corrected chi connectivity index (χ0v) is 12.1. The number of nitrogens with zero attached hydrogens (tertiary/aromatic N) is 1. The summed E-state index contributed by atoms with van der Waals surface area (Å²) in [5, 5.41) is 10.1. The molecule has 1 aromatic carbocycles. The Balaban J connectivity index is 2.24. The molecule has 1 saturated heterocycles. The molecule has 0 radical (unpaired) electrons. The zero-order chi connectivity index (χ0) is 14.3. The minimum atomic E-state index is -3.55. The quantitative estimate of drug-likeness (QED) is 0.811. The van der Waals surface area contributed by atoms with E-state index in [1.165, 1.54) is 4.31 Å². The van der Waals surface area contributed by atoms with Crippen LogP contribution in [0.25, 0.3) is 0 Å². The van der Waals surface area contributed by atoms with E-state index in [0.29, 0.717) is 17.7 Å². The van der Waals surface area contributed by atoms with Gasteiger partial charge >= 0.3 is 0 Å². The SMILES string of the molecule is CCCC1(O)CN(S(=O)(=O)c2cccc(N)c2C)C1. The molecular weight excluding hydrogens is 264 g/mol. The van der Waals surface area contributed by atoms with Gasteiger partial charge in [0.25, 0.3) is 0 Å². The molecule has 5 nitrogen and oxygen atoms in total. The van der Waals surface area contributed by atoms with Crippen LogP contribution in [0.1, 0.15) is 25.3 Å². The third kappa shape index (κ3) is 2.48. The van der Waals surface area contributed by atoms with Gasteiger partial charge in [-0.25, -0.2) is 8.42 Å². The van der Waals surface area contributed by atoms with Crippen molar-refractivity contribution in [3.05, 3.63) is 23.8 Å². The average molecular weight is 284 g/mol. The third-order valence-corrected chi connectivity index (χ3v) is 5.54. The molecule has 0 atom stereocenters. The number of benzene rings is 1. The normalized spacial score (nSPS) is 19.1. The van der Waals surface area contributed by atoms with Gasteiger partial charge in [-0.3, -0.25) is 0 Å². The predicted octanol–water partition coefficient (Wildman–Crippen LogP) is 1.11. The van der Waals surface area contributed by atoms with Crippen LogP contribution in [-0.4, -0.2) is 36.5 Å². The minimum absolute atomic E-state index is 0.164. The summed E-state index contributed by atoms with van der Waals surface area (Å²) in [5.41, 5.74) is 5.91. The van der Waals surface area contributed by atoms with Crippen LogP contribution in [-0.2, 0) is 10.0 Å². The van der Waals surface area contributed by atoms with E-state index < -0.39 is 15.6 Å². The van der Waals surface area contributed by atoms with Crippen LogP contribution in [0.15, 0.2) is 23.1 Å². The Morgan fingerprint density at radius 3 is 2.63 bits per heavy atom. The van der Waals surface area contributed by atoms with Crippen molar-refractivity contribution >= 4 is 15.7 Å². The van der Waals surface area contributed by atoms with E-state index >= 15 is 0 Å². The summed E-state index contributed by atoms with van der Waals surface area (Å²) in [7, 11) is -3.55. The summed E-state index contributed by atoms with van der Waals surface area (Å²) >= 11 is 0. The summed E-state index contributed by atoms with van der Waals surface area (Å²) in [6.07, 6.45) is 1.45. The Hall–Kier alpha value is -1.11. The van der Waals surface area contributed by atoms with Crippen molar-refractivity contribution in [2.45, 2.75) is 37.2 Å². The van der Waals surface area contributed by atoms with E-state index in [1.807, 2.05) is 6.92 Å². The first-order valence-corrected chi connectivity index (χ1v) is 7.82. The molecule has 0 unspecified atom stereocenters. The number of rotatable bonds is 4. The average Bonchev–Trinajstić information content (AvgIpc) is 2.29. The summed E-state index contributed by atoms with van der Waals surface area (Å²) < 4.78 is 26.2. The Morgan fingerprint density at radius 2 is 2.05 bits per heavy atom. The van der Waals surface area contributed by atoms with E-state index in [-0.39, 0.29) is 18.0 Å². The lowest BCUT2D eigenvalue weighted by Gasteiger charge is -2.45. The monoisotopic (exact) mass is 284 g/mol. The number of nitrogen functional groups attached to an aromatic ring is 1. The first-order chi connectivity index (χ1) is 8.80. The second-order valence-corrected chi connectivity index (χ2v) is 7.12. The molecule has 0 saturated carbocycles. The third-order valence-electron chi connectivity index (χ3n) is 3.60. The fourth-order valence-electron chi connectivity index (χ4n) is 2.45. The standard InChI is InChI=1S/C13H20N2O3S/c1-3-7-13(16)8-15(9-13)19(17,18)12-6-4-5-11(14)10(12)2/h4-6,16H,3,7-9,14H2,1-2H3. The number of β-amino-alcohol motifs (C(OH)–C–C–N with tert-alkyl or cyclic N) is 1. The van der Waals surface area contributed by atoms with Gasteiger partial charge in [-0.15, -0.1) is 0 Å². The van der Waals surface area contributed by atoms with Gasteiger partial charge in [0.2, 0.25) is 10.0 Å². The van der Waals surface area contributed by atoms with Crippen LogP contribution in [0, 0.1) is 6.92 Å². The molecule has 0 aromatic heterocycles. The Labute approximate surface area is 114 Å². The van der Waals surface area contributed by atoms with Crippen LogP contribution in [0.2, 0.25) is 0 Å². The molecule has 6 heteroatoms. The second-order valence-electron chi connectivity index (χ2n) is 5.22. The highest BCUT2D eigenvalue weighted by atomic mass is 32.2. The maximum Gasteiger partial charge on any atom is 0.243 e. The molecule has 1 heterocycles. The minimum Gasteiger partial charge on any atom is -0.398 e. The molecule has 0 aliphatic carbocycles. The van der Waals surface area contributed by atoms with Crippen LogP contribution in [0.5, 0.6) is 0 Å². The van der Waals surface area contributed by atoms with Gasteiger partial charge in [0.15, 0.2) is 0 Å². The fourth-order valence-corrected chi connectivity index (χ4v) is 4.31. The lowest BCUT2D eigenvalue weighted by Crippen LogP contribution is -2.63. The highest BCUT2D eigenvalue weighted by Crippen LogP contribution is 2.33. The maximum atomic E-state index is 12.4. The zero-order valence-electron chi connectivity index (χ0n) is 11.3. The van der Waals surface area contributed by atoms with Gasteiger partial charge in [0, 0.05) is 18.8 Å². The van der Waals surface area contributed by atoms with Crippen molar-refractivity contribution in [2.24, 2.45) is 0 Å². The number of anilines is 1. The van der Waals surface area contributed by atoms with E-state index in [0.717, 1.165) is 6.42 Å². The summed E-state index contributed by atoms with van der Waals surface area (Å²) in [6.45, 7) is 3.99. The number of hydrogen-bond acceptors (Lipinski definition) is 4. The Bertz CT molecular complexity index is 578. The number of aliphatic hydroxyl groups is 1. The molecule has 3 N–H and O–H groups in total. The van der Waals surface area contributed by atoms with Crippen LogP contribution in [0.3, 0.4) is 0 Å². The predicted molar refractivity (Wildman–Crippen MR) is 74.2 cm³/mol. The Kier molecular flexibility index (Phi) is 3.59. The van der Waals surface area contributed by atoms with Gasteiger partial charge in [0.05, 0.1) is 10.5 Å². The summed E-state index contributed by atoms with van der Waals surface area (Å²) in [4.78, 5) is 0.228. The van der Waals surface area contributed by atoms with E-state index in [9.17, 15) is 13.5 Å². The van der Waals surface area contributed by atoms with Crippen molar-refractivity contribution in [1.82, 2.24) is 4.31 Å². The summed E-state index contributed by atoms with van der Waals surface area (Å²) in [5.74, 6) is 0. The van der Waals surface area contributed by atoms with Crippen LogP contribution < -0.4 is 5.73 Å². The first-order valence-electron chi connectivity index (χ1n) is 6.38. The molecule has 1 aliphatic rings. The number of nitrogens with two attached hydrogens (primary N) is 1. The van der Waals surface area contributed by atoms with Crippen molar-refractivity contribution in [3.8, 4) is 0 Å². The molecule has 0 bridgehead atoms. The number of sulfonamides is 1. The van der Waals surface area contributed by atoms with E-state index in [2.05, 4.69) is 0 Å². The molecular formula is C13H20N2O3S. The Morgan fingerprint density at radius 1 is 1.42 bits per heavy atom. The van der Waals surface area contributed by atoms with Gasteiger partial charge < -0.3 is 10.8 Å². The first kappa shape index (κ1) is 14.3. The molecule has 106 valence electrons. The lowest BCUT2D eigenvalue weighted by atomic mass is 9.92. The van der Waals surface area contributed by atoms with Gasteiger partial charge in [-0.1, -0.05) is 19.4 Å². The van der Waals surface area contributed by atoms with Gasteiger partial charge in [0.1, 0.15) is 0 Å². The molecule has 0 spiro atoms. The second kappa shape index (κ2) is 4.77. The van der Waals surface area contributed by atoms with E-state index in [1.54, 1.807) is 25.1 Å². The van der Waals surface area contributed by atoms with Crippen LogP contribution >= 0.6 is 0 Å². The molecule has 19 heavy (non-hydrogen) atoms. The molecule has 1 aromatic rings. The van der Waals surface area contributed by atoms with Crippen molar-refractivity contribution in [1.29, 1.82) is 0 Å².